The number of fused-ring (bicyclic) bond motifs is 1. The number of allylic oxidation sites excluding steroid dienone is 2. The second-order valence-electron chi connectivity index (χ2n) is 3.80. The van der Waals surface area contributed by atoms with Gasteiger partial charge in [-0.3, -0.25) is 4.90 Å². The summed E-state index contributed by atoms with van der Waals surface area (Å²) in [6.07, 6.45) is 0. The van der Waals surface area contributed by atoms with Gasteiger partial charge in [0.15, 0.2) is 0 Å². The highest BCUT2D eigenvalue weighted by Crippen LogP contribution is 2.26. The van der Waals surface area contributed by atoms with Gasteiger partial charge in [-0.25, -0.2) is 18.6 Å². The maximum Gasteiger partial charge on any atom is 0.143 e. The van der Waals surface area contributed by atoms with Crippen LogP contribution in [-0.2, 0) is 0 Å². The van der Waals surface area contributed by atoms with Gasteiger partial charge in [0.2, 0.25) is 0 Å². The summed E-state index contributed by atoms with van der Waals surface area (Å²) < 4.78 is 34.0. The van der Waals surface area contributed by atoms with Crippen molar-refractivity contribution in [1.82, 2.24) is 0 Å². The number of hydrogen-bond acceptors (Lipinski definition) is 4. The molecular formula is C11H14ClNO4. The second kappa shape index (κ2) is 5.14. The van der Waals surface area contributed by atoms with Crippen LogP contribution < -0.4 is 23.5 Å². The molecule has 0 aromatic heterocycles. The Labute approximate surface area is 102 Å². The molecule has 1 heterocycles. The largest absolute Gasteiger partial charge is 0.276 e. The lowest BCUT2D eigenvalue weighted by Crippen LogP contribution is -3.00. The van der Waals surface area contributed by atoms with E-state index in [-0.39, 0.29) is 0 Å². The third-order valence-corrected chi connectivity index (χ3v) is 2.86. The molecule has 0 bridgehead atoms. The topological polar surface area (TPSA) is 96.7 Å². The molecule has 0 fully saturated rings. The Morgan fingerprint density at radius 1 is 1.00 bits per heavy atom. The fraction of sp³-hybridized carbons (Fsp3) is 0.273. The number of nitrogens with one attached hydrogen (secondary N) is 1. The van der Waals surface area contributed by atoms with E-state index in [0.29, 0.717) is 0 Å². The summed E-state index contributed by atoms with van der Waals surface area (Å²) >= 11 is 0. The summed E-state index contributed by atoms with van der Waals surface area (Å²) in [6, 6.07) is 8.61. The quantitative estimate of drug-likeness (QED) is 0.532. The molecule has 1 aromatic carbocycles. The predicted octanol–water partition coefficient (Wildman–Crippen LogP) is -3.16. The fourth-order valence-corrected chi connectivity index (χ4v) is 1.82. The van der Waals surface area contributed by atoms with E-state index in [0.717, 1.165) is 0 Å². The van der Waals surface area contributed by atoms with Gasteiger partial charge in [0.05, 0.1) is 7.05 Å². The van der Waals surface area contributed by atoms with E-state index in [1.807, 2.05) is 0 Å². The van der Waals surface area contributed by atoms with Gasteiger partial charge in [-0.15, -0.1) is 10.2 Å². The summed E-state index contributed by atoms with van der Waals surface area (Å²) in [5.74, 6) is 0. The zero-order chi connectivity index (χ0) is 13.2. The maximum absolute atomic E-state index is 8.49. The Bertz CT molecular complexity index is 433. The minimum Gasteiger partial charge on any atom is -0.276 e. The SMILES string of the molecule is CC1=C(C)[NH+](C)c2ccccc21.[O-][Cl+3]([O-])([O-])[O-]. The molecule has 5 nitrogen and oxygen atoms in total. The Balaban J connectivity index is 0.000000249. The Morgan fingerprint density at radius 3 is 1.94 bits per heavy atom. The fourth-order valence-electron chi connectivity index (χ4n) is 1.82. The summed E-state index contributed by atoms with van der Waals surface area (Å²) in [5.41, 5.74) is 5.69. The lowest BCUT2D eigenvalue weighted by atomic mass is 10.1. The van der Waals surface area contributed by atoms with Crippen molar-refractivity contribution in [3.8, 4) is 0 Å². The third-order valence-electron chi connectivity index (χ3n) is 2.86. The van der Waals surface area contributed by atoms with Gasteiger partial charge in [-0.05, 0) is 13.0 Å². The molecule has 1 atom stereocenters. The minimum absolute atomic E-state index is 1.41. The van der Waals surface area contributed by atoms with Gasteiger partial charge in [-0.1, -0.05) is 12.1 Å². The van der Waals surface area contributed by atoms with Crippen molar-refractivity contribution in [2.75, 3.05) is 7.05 Å². The maximum atomic E-state index is 8.49. The van der Waals surface area contributed by atoms with Crippen molar-refractivity contribution < 1.29 is 33.8 Å². The summed E-state index contributed by atoms with van der Waals surface area (Å²) in [6.45, 7) is 4.40. The predicted molar refractivity (Wildman–Crippen MR) is 51.3 cm³/mol. The van der Waals surface area contributed by atoms with Crippen molar-refractivity contribution in [2.24, 2.45) is 0 Å². The molecule has 0 spiro atoms. The van der Waals surface area contributed by atoms with Crippen molar-refractivity contribution in [1.29, 1.82) is 0 Å². The van der Waals surface area contributed by atoms with Crippen LogP contribution in [0.25, 0.3) is 5.57 Å². The van der Waals surface area contributed by atoms with Crippen LogP contribution in [0.3, 0.4) is 0 Å². The number of rotatable bonds is 0. The average molecular weight is 260 g/mol. The minimum atomic E-state index is -4.94. The van der Waals surface area contributed by atoms with Crippen LogP contribution >= 0.6 is 0 Å². The van der Waals surface area contributed by atoms with Crippen LogP contribution in [0.1, 0.15) is 19.4 Å². The third kappa shape index (κ3) is 3.78. The molecule has 0 amide bonds. The van der Waals surface area contributed by atoms with Gasteiger partial charge in [0, 0.05) is 24.1 Å². The van der Waals surface area contributed by atoms with E-state index in [9.17, 15) is 0 Å². The molecule has 1 aliphatic heterocycles. The molecule has 1 N–H and O–H groups in total. The number of quaternary nitrogens is 1. The molecule has 1 aliphatic rings. The average Bonchev–Trinajstić information content (AvgIpc) is 2.43. The second-order valence-corrected chi connectivity index (χ2v) is 4.55. The summed E-state index contributed by atoms with van der Waals surface area (Å²) in [5, 5.41) is 0. The first-order valence-electron chi connectivity index (χ1n) is 4.94. The van der Waals surface area contributed by atoms with Gasteiger partial charge >= 0.3 is 0 Å². The standard InChI is InChI=1S/C11H13N.ClHO4/c1-8-9(2)12(3)11-7-5-4-6-10(8)11;2-1(3,4)5/h4-7H,1-3H3;(H,2,3,4,5). The van der Waals surface area contributed by atoms with E-state index in [2.05, 4.69) is 45.2 Å². The first kappa shape index (κ1) is 14.1. The van der Waals surface area contributed by atoms with Crippen LogP contribution in [0, 0.1) is 10.2 Å². The van der Waals surface area contributed by atoms with E-state index in [1.54, 1.807) is 0 Å². The van der Waals surface area contributed by atoms with Gasteiger partial charge in [0.25, 0.3) is 0 Å². The lowest BCUT2D eigenvalue weighted by molar-refractivity contribution is -2.00. The van der Waals surface area contributed by atoms with Crippen LogP contribution in [0.5, 0.6) is 0 Å². The van der Waals surface area contributed by atoms with Crippen LogP contribution in [0.15, 0.2) is 30.0 Å². The van der Waals surface area contributed by atoms with Gasteiger partial charge in [-0.2, -0.15) is 0 Å². The Kier molecular flexibility index (Phi) is 4.26. The molecule has 1 aromatic rings. The molecule has 17 heavy (non-hydrogen) atoms. The summed E-state index contributed by atoms with van der Waals surface area (Å²) in [7, 11) is -2.75. The summed E-state index contributed by atoms with van der Waals surface area (Å²) in [4.78, 5) is 1.43. The van der Waals surface area contributed by atoms with E-state index < -0.39 is 10.2 Å². The van der Waals surface area contributed by atoms with Crippen molar-refractivity contribution in [3.05, 3.63) is 35.5 Å². The van der Waals surface area contributed by atoms with Crippen molar-refractivity contribution in [3.63, 3.8) is 0 Å². The van der Waals surface area contributed by atoms with E-state index >= 15 is 0 Å². The first-order chi connectivity index (χ1) is 7.72. The Hall–Kier alpha value is -0.950. The molecule has 0 aliphatic carbocycles. The normalized spacial score (nSPS) is 18.6. The molecule has 94 valence electrons. The number of halogens is 1. The van der Waals surface area contributed by atoms with Gasteiger partial charge in [0.1, 0.15) is 11.4 Å². The van der Waals surface area contributed by atoms with Crippen LogP contribution in [0.4, 0.5) is 5.69 Å². The van der Waals surface area contributed by atoms with Crippen molar-refractivity contribution in [2.45, 2.75) is 13.8 Å². The van der Waals surface area contributed by atoms with Crippen LogP contribution in [-0.4, -0.2) is 7.05 Å². The smallest absolute Gasteiger partial charge is 0.143 e. The Morgan fingerprint density at radius 2 is 1.47 bits per heavy atom. The van der Waals surface area contributed by atoms with Crippen molar-refractivity contribution >= 4 is 11.3 Å². The molecular weight excluding hydrogens is 246 g/mol. The molecule has 6 heteroatoms. The van der Waals surface area contributed by atoms with E-state index in [1.165, 1.54) is 27.4 Å². The van der Waals surface area contributed by atoms with Gasteiger partial charge < -0.3 is 0 Å². The zero-order valence-electron chi connectivity index (χ0n) is 9.82. The van der Waals surface area contributed by atoms with Crippen LogP contribution in [0.2, 0.25) is 0 Å². The molecule has 1 unspecified atom stereocenters. The molecule has 2 rings (SSSR count). The number of para-hydroxylation sites is 1. The molecule has 0 saturated heterocycles. The monoisotopic (exact) mass is 259 g/mol. The zero-order valence-corrected chi connectivity index (χ0v) is 10.6. The number of benzene rings is 1. The highest BCUT2D eigenvalue weighted by Gasteiger charge is 2.24. The van der Waals surface area contributed by atoms with E-state index in [4.69, 9.17) is 18.6 Å². The lowest BCUT2D eigenvalue weighted by Gasteiger charge is -2.17. The molecule has 0 saturated carbocycles. The first-order valence-corrected chi connectivity index (χ1v) is 6.18. The molecule has 0 radical (unpaired) electrons. The number of hydrogen-bond donors (Lipinski definition) is 1. The highest BCUT2D eigenvalue weighted by atomic mass is 35.7. The highest BCUT2D eigenvalue weighted by molar-refractivity contribution is 5.75.